The van der Waals surface area contributed by atoms with Crippen LogP contribution in [-0.2, 0) is 4.79 Å². The Kier molecular flexibility index (Phi) is 6.37. The Balaban J connectivity index is 1.67. The Morgan fingerprint density at radius 1 is 0.906 bits per heavy atom. The first-order valence-electron chi connectivity index (χ1n) is 10.4. The van der Waals surface area contributed by atoms with E-state index in [1.807, 2.05) is 75.4 Å². The number of aromatic nitrogens is 4. The van der Waals surface area contributed by atoms with Crippen LogP contribution in [0.5, 0.6) is 0 Å². The minimum absolute atomic E-state index is 0.124. The molecule has 0 aliphatic carbocycles. The molecule has 3 aromatic carbocycles. The Bertz CT molecular complexity index is 1230. The number of nitrogens with one attached hydrogen (secondary N) is 1. The van der Waals surface area contributed by atoms with E-state index in [9.17, 15) is 4.79 Å². The van der Waals surface area contributed by atoms with Crippen molar-refractivity contribution in [3.63, 3.8) is 0 Å². The molecular weight excluding hydrogens is 418 g/mol. The number of hydrogen-bond donors (Lipinski definition) is 1. The highest BCUT2D eigenvalue weighted by atomic mass is 32.2. The van der Waals surface area contributed by atoms with Gasteiger partial charge >= 0.3 is 0 Å². The summed E-state index contributed by atoms with van der Waals surface area (Å²) in [4.78, 5) is 13.4. The number of carbonyl (C=O) groups is 1. The second-order valence-electron chi connectivity index (χ2n) is 7.94. The maximum Gasteiger partial charge on any atom is 0.242 e. The van der Waals surface area contributed by atoms with Crippen molar-refractivity contribution in [2.75, 3.05) is 5.32 Å². The van der Waals surface area contributed by atoms with E-state index in [-0.39, 0.29) is 5.91 Å². The molecule has 1 N–H and O–H groups in total. The van der Waals surface area contributed by atoms with Crippen molar-refractivity contribution in [2.45, 2.75) is 38.1 Å². The van der Waals surface area contributed by atoms with E-state index in [0.29, 0.717) is 5.16 Å². The van der Waals surface area contributed by atoms with Gasteiger partial charge in [-0.1, -0.05) is 65.9 Å². The highest BCUT2D eigenvalue weighted by Gasteiger charge is 2.26. The molecule has 0 saturated carbocycles. The van der Waals surface area contributed by atoms with Crippen molar-refractivity contribution in [3.05, 3.63) is 94.5 Å². The fourth-order valence-corrected chi connectivity index (χ4v) is 4.70. The molecule has 162 valence electrons. The van der Waals surface area contributed by atoms with E-state index in [2.05, 4.69) is 39.9 Å². The average molecular weight is 444 g/mol. The molecule has 7 heteroatoms. The van der Waals surface area contributed by atoms with Gasteiger partial charge in [-0.25, -0.2) is 0 Å². The molecule has 0 bridgehead atoms. The average Bonchev–Trinajstić information content (AvgIpc) is 3.19. The van der Waals surface area contributed by atoms with Crippen molar-refractivity contribution in [3.8, 4) is 5.69 Å². The van der Waals surface area contributed by atoms with Gasteiger partial charge in [0.25, 0.3) is 0 Å². The van der Waals surface area contributed by atoms with Crippen molar-refractivity contribution in [2.24, 2.45) is 0 Å². The highest BCUT2D eigenvalue weighted by Crippen LogP contribution is 2.36. The summed E-state index contributed by atoms with van der Waals surface area (Å²) in [5.74, 6) is -0.124. The van der Waals surface area contributed by atoms with Crippen LogP contribution in [-0.4, -0.2) is 26.1 Å². The molecule has 4 rings (SSSR count). The van der Waals surface area contributed by atoms with E-state index in [1.165, 1.54) is 17.3 Å². The Morgan fingerprint density at radius 2 is 1.62 bits per heavy atom. The van der Waals surface area contributed by atoms with Crippen LogP contribution in [0, 0.1) is 27.7 Å². The number of tetrazole rings is 1. The quantitative estimate of drug-likeness (QED) is 0.406. The molecule has 0 saturated heterocycles. The van der Waals surface area contributed by atoms with E-state index in [1.54, 1.807) is 4.68 Å². The van der Waals surface area contributed by atoms with Gasteiger partial charge in [-0.15, -0.1) is 5.10 Å². The number of anilines is 1. The number of rotatable bonds is 6. The highest BCUT2D eigenvalue weighted by molar-refractivity contribution is 8.00. The third-order valence-electron chi connectivity index (χ3n) is 5.07. The van der Waals surface area contributed by atoms with E-state index >= 15 is 0 Å². The number of hydrogen-bond acceptors (Lipinski definition) is 5. The van der Waals surface area contributed by atoms with Crippen LogP contribution in [0.4, 0.5) is 5.69 Å². The van der Waals surface area contributed by atoms with Crippen molar-refractivity contribution in [1.82, 2.24) is 20.2 Å². The first-order chi connectivity index (χ1) is 15.4. The maximum atomic E-state index is 13.4. The second-order valence-corrected chi connectivity index (χ2v) is 9.01. The molecule has 0 aliphatic rings. The summed E-state index contributed by atoms with van der Waals surface area (Å²) >= 11 is 1.33. The molecule has 1 amide bonds. The van der Waals surface area contributed by atoms with Crippen LogP contribution in [0.25, 0.3) is 5.69 Å². The molecule has 0 aliphatic heterocycles. The summed E-state index contributed by atoms with van der Waals surface area (Å²) in [6, 6.07) is 21.8. The number of thioether (sulfide) groups is 1. The van der Waals surface area contributed by atoms with Gasteiger partial charge in [0.15, 0.2) is 0 Å². The van der Waals surface area contributed by atoms with Gasteiger partial charge in [0.1, 0.15) is 5.25 Å². The zero-order chi connectivity index (χ0) is 22.7. The molecular formula is C25H25N5OS. The van der Waals surface area contributed by atoms with Gasteiger partial charge in [-0.2, -0.15) is 4.68 Å². The predicted molar refractivity (Wildman–Crippen MR) is 128 cm³/mol. The summed E-state index contributed by atoms with van der Waals surface area (Å²) in [6.07, 6.45) is 0. The molecule has 1 atom stereocenters. The van der Waals surface area contributed by atoms with Crippen molar-refractivity contribution in [1.29, 1.82) is 0 Å². The lowest BCUT2D eigenvalue weighted by molar-refractivity contribution is -0.115. The first kappa shape index (κ1) is 21.8. The lowest BCUT2D eigenvalue weighted by Crippen LogP contribution is -2.19. The van der Waals surface area contributed by atoms with Gasteiger partial charge in [0.2, 0.25) is 11.1 Å². The molecule has 32 heavy (non-hydrogen) atoms. The van der Waals surface area contributed by atoms with Gasteiger partial charge in [0, 0.05) is 5.69 Å². The molecule has 4 aromatic rings. The Labute approximate surface area is 192 Å². The molecule has 6 nitrogen and oxygen atoms in total. The number of nitrogens with zero attached hydrogens (tertiary/aromatic N) is 4. The van der Waals surface area contributed by atoms with Crippen LogP contribution >= 0.6 is 11.8 Å². The second kappa shape index (κ2) is 9.36. The number of aryl methyl sites for hydroxylation is 4. The third kappa shape index (κ3) is 4.89. The summed E-state index contributed by atoms with van der Waals surface area (Å²) < 4.78 is 1.69. The fourth-order valence-electron chi connectivity index (χ4n) is 3.71. The minimum Gasteiger partial charge on any atom is -0.325 e. The Morgan fingerprint density at radius 3 is 2.31 bits per heavy atom. The molecule has 0 spiro atoms. The minimum atomic E-state index is -0.521. The van der Waals surface area contributed by atoms with E-state index < -0.39 is 5.25 Å². The van der Waals surface area contributed by atoms with Crippen molar-refractivity contribution >= 4 is 23.4 Å². The van der Waals surface area contributed by atoms with Gasteiger partial charge < -0.3 is 5.32 Å². The third-order valence-corrected chi connectivity index (χ3v) is 6.26. The molecule has 0 radical (unpaired) electrons. The SMILES string of the molecule is Cc1cc(C)cc(NC(=O)C(Sc2nnnn2-c2ccc(C)cc2C)c2ccccc2)c1. The summed E-state index contributed by atoms with van der Waals surface area (Å²) in [5, 5.41) is 15.4. The standard InChI is InChI=1S/C25H25N5OS/c1-16-10-11-22(19(4)13-16)30-25(27-28-29-30)32-23(20-8-6-5-7-9-20)24(31)26-21-14-17(2)12-18(3)15-21/h5-15,23H,1-4H3,(H,26,31). The number of carbonyl (C=O) groups excluding carboxylic acids is 1. The number of benzene rings is 3. The largest absolute Gasteiger partial charge is 0.325 e. The van der Waals surface area contributed by atoms with Crippen LogP contribution in [0.2, 0.25) is 0 Å². The lowest BCUT2D eigenvalue weighted by Gasteiger charge is -2.17. The summed E-state index contributed by atoms with van der Waals surface area (Å²) in [6.45, 7) is 8.11. The van der Waals surface area contributed by atoms with Gasteiger partial charge in [0.05, 0.1) is 5.69 Å². The normalized spacial score (nSPS) is 11.9. The lowest BCUT2D eigenvalue weighted by atomic mass is 10.1. The first-order valence-corrected chi connectivity index (χ1v) is 11.3. The fraction of sp³-hybridized carbons (Fsp3) is 0.200. The molecule has 1 aromatic heterocycles. The zero-order valence-electron chi connectivity index (χ0n) is 18.5. The summed E-state index contributed by atoms with van der Waals surface area (Å²) in [5.41, 5.74) is 6.99. The van der Waals surface area contributed by atoms with Crippen LogP contribution in [0.3, 0.4) is 0 Å². The monoisotopic (exact) mass is 443 g/mol. The maximum absolute atomic E-state index is 13.4. The van der Waals surface area contributed by atoms with Crippen LogP contribution in [0.15, 0.2) is 71.9 Å². The van der Waals surface area contributed by atoms with Gasteiger partial charge in [-0.05, 0) is 78.6 Å². The van der Waals surface area contributed by atoms with Gasteiger partial charge in [-0.3, -0.25) is 4.79 Å². The van der Waals surface area contributed by atoms with Crippen LogP contribution < -0.4 is 5.32 Å². The zero-order valence-corrected chi connectivity index (χ0v) is 19.4. The van der Waals surface area contributed by atoms with Crippen LogP contribution in [0.1, 0.15) is 33.1 Å². The topological polar surface area (TPSA) is 72.7 Å². The Hall–Kier alpha value is -3.45. The van der Waals surface area contributed by atoms with E-state index in [4.69, 9.17) is 0 Å². The molecule has 1 unspecified atom stereocenters. The van der Waals surface area contributed by atoms with E-state index in [0.717, 1.165) is 33.6 Å². The smallest absolute Gasteiger partial charge is 0.242 e. The molecule has 0 fully saturated rings. The van der Waals surface area contributed by atoms with Crippen molar-refractivity contribution < 1.29 is 4.79 Å². The summed E-state index contributed by atoms with van der Waals surface area (Å²) in [7, 11) is 0. The predicted octanol–water partition coefficient (Wildman–Crippen LogP) is 5.37. The molecule has 1 heterocycles. The number of amides is 1.